The van der Waals surface area contributed by atoms with Gasteiger partial charge in [-0.25, -0.2) is 4.98 Å². The number of carbonyl (C=O) groups is 1. The predicted molar refractivity (Wildman–Crippen MR) is 67.4 cm³/mol. The highest BCUT2D eigenvalue weighted by atomic mass is 16.1. The molecule has 0 saturated carbocycles. The number of amides is 1. The molecule has 0 radical (unpaired) electrons. The second-order valence-corrected chi connectivity index (χ2v) is 4.01. The number of benzene rings is 1. The average Bonchev–Trinajstić information content (AvgIpc) is 2.96. The Morgan fingerprint density at radius 2 is 2.22 bits per heavy atom. The maximum absolute atomic E-state index is 11.9. The van der Waals surface area contributed by atoms with Crippen LogP contribution in [0.4, 0.5) is 5.69 Å². The molecule has 0 unspecified atom stereocenters. The Bertz CT molecular complexity index is 712. The van der Waals surface area contributed by atoms with Crippen molar-refractivity contribution in [3.8, 4) is 0 Å². The van der Waals surface area contributed by atoms with E-state index < -0.39 is 0 Å². The number of H-pyrrole nitrogens is 2. The quantitative estimate of drug-likeness (QED) is 0.639. The molecule has 0 aliphatic carbocycles. The Morgan fingerprint density at radius 3 is 3.00 bits per heavy atom. The first-order valence-electron chi connectivity index (χ1n) is 5.48. The SMILES string of the molecule is Cc1ncc(C(=O)Nc2ccc3cn[nH]c3c2)[nH]1. The van der Waals surface area contributed by atoms with Gasteiger partial charge in [-0.2, -0.15) is 5.10 Å². The monoisotopic (exact) mass is 241 g/mol. The van der Waals surface area contributed by atoms with E-state index in [1.165, 1.54) is 6.20 Å². The number of rotatable bonds is 2. The molecule has 0 aliphatic rings. The molecule has 18 heavy (non-hydrogen) atoms. The van der Waals surface area contributed by atoms with Gasteiger partial charge in [-0.15, -0.1) is 0 Å². The largest absolute Gasteiger partial charge is 0.338 e. The molecule has 0 saturated heterocycles. The summed E-state index contributed by atoms with van der Waals surface area (Å²) in [6.45, 7) is 1.80. The number of aromatic nitrogens is 4. The third kappa shape index (κ3) is 1.84. The van der Waals surface area contributed by atoms with Crippen molar-refractivity contribution >= 4 is 22.5 Å². The van der Waals surface area contributed by atoms with Crippen LogP contribution in [0.5, 0.6) is 0 Å². The summed E-state index contributed by atoms with van der Waals surface area (Å²) >= 11 is 0. The summed E-state index contributed by atoms with van der Waals surface area (Å²) in [6, 6.07) is 5.56. The first-order valence-corrected chi connectivity index (χ1v) is 5.48. The molecule has 3 N–H and O–H groups in total. The van der Waals surface area contributed by atoms with Crippen molar-refractivity contribution in [1.29, 1.82) is 0 Å². The van der Waals surface area contributed by atoms with Gasteiger partial charge in [0.25, 0.3) is 5.91 Å². The van der Waals surface area contributed by atoms with E-state index in [2.05, 4.69) is 25.5 Å². The molecular formula is C12H11N5O. The Kier molecular flexibility index (Phi) is 2.33. The third-order valence-electron chi connectivity index (χ3n) is 2.65. The third-order valence-corrected chi connectivity index (χ3v) is 2.65. The Morgan fingerprint density at radius 1 is 1.33 bits per heavy atom. The number of anilines is 1. The van der Waals surface area contributed by atoms with Gasteiger partial charge in [-0.05, 0) is 25.1 Å². The van der Waals surface area contributed by atoms with Gasteiger partial charge in [-0.1, -0.05) is 0 Å². The fourth-order valence-corrected chi connectivity index (χ4v) is 1.75. The summed E-state index contributed by atoms with van der Waals surface area (Å²) in [4.78, 5) is 18.8. The summed E-state index contributed by atoms with van der Waals surface area (Å²) in [5, 5.41) is 10.6. The molecule has 0 fully saturated rings. The molecule has 6 nitrogen and oxygen atoms in total. The maximum atomic E-state index is 11.9. The molecule has 3 rings (SSSR count). The molecule has 90 valence electrons. The van der Waals surface area contributed by atoms with Crippen LogP contribution in [0.1, 0.15) is 16.3 Å². The molecule has 0 atom stereocenters. The molecule has 2 heterocycles. The lowest BCUT2D eigenvalue weighted by Crippen LogP contribution is -2.12. The van der Waals surface area contributed by atoms with Gasteiger partial charge >= 0.3 is 0 Å². The lowest BCUT2D eigenvalue weighted by molar-refractivity contribution is 0.102. The van der Waals surface area contributed by atoms with E-state index in [0.29, 0.717) is 17.2 Å². The number of carbonyl (C=O) groups excluding carboxylic acids is 1. The van der Waals surface area contributed by atoms with E-state index in [4.69, 9.17) is 0 Å². The Labute approximate surface area is 102 Å². The van der Waals surface area contributed by atoms with Crippen molar-refractivity contribution in [1.82, 2.24) is 20.2 Å². The number of fused-ring (bicyclic) bond motifs is 1. The number of imidazole rings is 1. The van der Waals surface area contributed by atoms with Gasteiger partial charge in [-0.3, -0.25) is 9.89 Å². The average molecular weight is 241 g/mol. The maximum Gasteiger partial charge on any atom is 0.273 e. The van der Waals surface area contributed by atoms with Crippen molar-refractivity contribution in [3.63, 3.8) is 0 Å². The van der Waals surface area contributed by atoms with Crippen LogP contribution in [0.15, 0.2) is 30.6 Å². The normalized spacial score (nSPS) is 10.7. The Hall–Kier alpha value is -2.63. The van der Waals surface area contributed by atoms with Crippen LogP contribution in [0.2, 0.25) is 0 Å². The summed E-state index contributed by atoms with van der Waals surface area (Å²) < 4.78 is 0. The summed E-state index contributed by atoms with van der Waals surface area (Å²) in [6.07, 6.45) is 3.25. The van der Waals surface area contributed by atoms with Gasteiger partial charge in [0.2, 0.25) is 0 Å². The van der Waals surface area contributed by atoms with Crippen molar-refractivity contribution < 1.29 is 4.79 Å². The van der Waals surface area contributed by atoms with Crippen LogP contribution < -0.4 is 5.32 Å². The van der Waals surface area contributed by atoms with Gasteiger partial charge in [0.1, 0.15) is 11.5 Å². The zero-order valence-corrected chi connectivity index (χ0v) is 9.69. The van der Waals surface area contributed by atoms with Crippen molar-refractivity contribution in [2.24, 2.45) is 0 Å². The van der Waals surface area contributed by atoms with E-state index in [0.717, 1.165) is 10.9 Å². The molecule has 3 aromatic rings. The van der Waals surface area contributed by atoms with Gasteiger partial charge < -0.3 is 10.3 Å². The van der Waals surface area contributed by atoms with Gasteiger partial charge in [0.15, 0.2) is 0 Å². The number of aryl methyl sites for hydroxylation is 1. The van der Waals surface area contributed by atoms with E-state index in [-0.39, 0.29) is 5.91 Å². The fourth-order valence-electron chi connectivity index (χ4n) is 1.75. The molecular weight excluding hydrogens is 230 g/mol. The lowest BCUT2D eigenvalue weighted by atomic mass is 10.2. The molecule has 0 aliphatic heterocycles. The summed E-state index contributed by atoms with van der Waals surface area (Å²) in [5.74, 6) is 0.499. The number of nitrogens with one attached hydrogen (secondary N) is 3. The zero-order valence-electron chi connectivity index (χ0n) is 9.69. The molecule has 1 amide bonds. The zero-order chi connectivity index (χ0) is 12.5. The highest BCUT2D eigenvalue weighted by Gasteiger charge is 2.08. The van der Waals surface area contributed by atoms with Crippen LogP contribution >= 0.6 is 0 Å². The second kappa shape index (κ2) is 3.99. The number of nitrogens with zero attached hydrogens (tertiary/aromatic N) is 2. The second-order valence-electron chi connectivity index (χ2n) is 4.01. The highest BCUT2D eigenvalue weighted by molar-refractivity contribution is 6.03. The minimum absolute atomic E-state index is 0.213. The van der Waals surface area contributed by atoms with Crippen molar-refractivity contribution in [3.05, 3.63) is 42.1 Å². The minimum atomic E-state index is -0.213. The van der Waals surface area contributed by atoms with Crippen LogP contribution in [0, 0.1) is 6.92 Å². The molecule has 2 aromatic heterocycles. The highest BCUT2D eigenvalue weighted by Crippen LogP contribution is 2.17. The first kappa shape index (κ1) is 10.5. The van der Waals surface area contributed by atoms with E-state index in [9.17, 15) is 4.79 Å². The summed E-state index contributed by atoms with van der Waals surface area (Å²) in [5.41, 5.74) is 2.04. The topological polar surface area (TPSA) is 86.5 Å². The summed E-state index contributed by atoms with van der Waals surface area (Å²) in [7, 11) is 0. The van der Waals surface area contributed by atoms with E-state index in [1.54, 1.807) is 13.1 Å². The minimum Gasteiger partial charge on any atom is -0.338 e. The molecule has 0 spiro atoms. The number of hydrogen-bond donors (Lipinski definition) is 3. The van der Waals surface area contributed by atoms with Crippen molar-refractivity contribution in [2.75, 3.05) is 5.32 Å². The van der Waals surface area contributed by atoms with Crippen LogP contribution in [-0.2, 0) is 0 Å². The number of hydrogen-bond acceptors (Lipinski definition) is 3. The fraction of sp³-hybridized carbons (Fsp3) is 0.0833. The van der Waals surface area contributed by atoms with Gasteiger partial charge in [0.05, 0.1) is 17.9 Å². The lowest BCUT2D eigenvalue weighted by Gasteiger charge is -2.03. The molecule has 0 bridgehead atoms. The smallest absolute Gasteiger partial charge is 0.273 e. The van der Waals surface area contributed by atoms with Crippen LogP contribution in [0.3, 0.4) is 0 Å². The standard InChI is InChI=1S/C12H11N5O/c1-7-13-6-11(15-7)12(18)16-9-3-2-8-5-14-17-10(8)4-9/h2-6H,1H3,(H,13,15)(H,14,17)(H,16,18). The van der Waals surface area contributed by atoms with Crippen molar-refractivity contribution in [2.45, 2.75) is 6.92 Å². The Balaban J connectivity index is 1.85. The van der Waals surface area contributed by atoms with Crippen LogP contribution in [-0.4, -0.2) is 26.1 Å². The predicted octanol–water partition coefficient (Wildman–Crippen LogP) is 1.85. The van der Waals surface area contributed by atoms with E-state index in [1.807, 2.05) is 18.2 Å². The number of aromatic amines is 2. The first-order chi connectivity index (χ1) is 8.72. The van der Waals surface area contributed by atoms with Crippen LogP contribution in [0.25, 0.3) is 10.9 Å². The van der Waals surface area contributed by atoms with E-state index >= 15 is 0 Å². The molecule has 1 aromatic carbocycles. The molecule has 6 heteroatoms. The van der Waals surface area contributed by atoms with Gasteiger partial charge in [0, 0.05) is 11.1 Å².